The Balaban J connectivity index is 0.00000800. The summed E-state index contributed by atoms with van der Waals surface area (Å²) in [5, 5.41) is 25.4. The van der Waals surface area contributed by atoms with Crippen molar-refractivity contribution in [1.29, 1.82) is 0 Å². The average Bonchev–Trinajstić information content (AvgIpc) is 2.85. The van der Waals surface area contributed by atoms with E-state index in [2.05, 4.69) is 20.0 Å². The Morgan fingerprint density at radius 1 is 0.725 bits per heavy atom. The molecule has 0 saturated carbocycles. The molecule has 1 radical (unpaired) electrons. The number of rotatable bonds is 12. The zero-order valence-corrected chi connectivity index (χ0v) is 24.8. The SMILES string of the molecule is CC(C)(C)OC(=O)C(CCC([O-])=NCc1ccccn1)(CCC([O-])=NCc1ccccn1)C(=O)OC(C)(C)C.[Cu+2]. The van der Waals surface area contributed by atoms with Crippen LogP contribution in [0.15, 0.2) is 58.8 Å². The smallest absolute Gasteiger partial charge is 0.862 e. The number of aromatic nitrogens is 2. The molecule has 2 heterocycles. The van der Waals surface area contributed by atoms with E-state index in [0.717, 1.165) is 0 Å². The number of aliphatic imine (C=N–C) groups is 2. The molecule has 2 aromatic heterocycles. The minimum atomic E-state index is -1.91. The molecule has 0 aliphatic carbocycles. The van der Waals surface area contributed by atoms with Crippen molar-refractivity contribution in [2.75, 3.05) is 0 Å². The predicted octanol–water partition coefficient (Wildman–Crippen LogP) is 2.92. The van der Waals surface area contributed by atoms with Crippen molar-refractivity contribution in [2.24, 2.45) is 15.4 Å². The number of carbonyl (C=O) groups is 2. The summed E-state index contributed by atoms with van der Waals surface area (Å²) >= 11 is 0. The van der Waals surface area contributed by atoms with E-state index in [1.165, 1.54) is 0 Å². The van der Waals surface area contributed by atoms with Crippen molar-refractivity contribution in [3.05, 3.63) is 60.2 Å². The Labute approximate surface area is 246 Å². The van der Waals surface area contributed by atoms with Crippen LogP contribution < -0.4 is 10.2 Å². The molecule has 221 valence electrons. The third-order valence-corrected chi connectivity index (χ3v) is 5.40. The van der Waals surface area contributed by atoms with Crippen LogP contribution in [0, 0.1) is 5.41 Å². The fourth-order valence-electron chi connectivity index (χ4n) is 3.49. The molecule has 0 aliphatic rings. The van der Waals surface area contributed by atoms with E-state index < -0.39 is 40.4 Å². The van der Waals surface area contributed by atoms with Crippen molar-refractivity contribution in [1.82, 2.24) is 9.97 Å². The first-order valence-electron chi connectivity index (χ1n) is 12.9. The number of pyridine rings is 2. The molecule has 0 N–H and O–H groups in total. The summed E-state index contributed by atoms with van der Waals surface area (Å²) in [6.07, 6.45) is 2.25. The molecule has 0 bridgehead atoms. The van der Waals surface area contributed by atoms with Gasteiger partial charge in [-0.15, -0.1) is 0 Å². The van der Waals surface area contributed by atoms with Gasteiger partial charge < -0.3 is 19.7 Å². The molecule has 0 atom stereocenters. The van der Waals surface area contributed by atoms with Crippen molar-refractivity contribution >= 4 is 23.7 Å². The molecule has 2 rings (SSSR count). The largest absolute Gasteiger partial charge is 2.00 e. The van der Waals surface area contributed by atoms with E-state index in [-0.39, 0.29) is 55.8 Å². The summed E-state index contributed by atoms with van der Waals surface area (Å²) in [4.78, 5) is 43.5. The summed E-state index contributed by atoms with van der Waals surface area (Å²) in [6.45, 7) is 10.2. The molecular weight excluding hydrogens is 564 g/mol. The molecule has 11 heteroatoms. The molecule has 0 saturated heterocycles. The summed E-state index contributed by atoms with van der Waals surface area (Å²) in [6, 6.07) is 10.6. The second-order valence-electron chi connectivity index (χ2n) is 11.1. The van der Waals surface area contributed by atoms with Gasteiger partial charge in [0.05, 0.1) is 24.5 Å². The maximum absolute atomic E-state index is 13.6. The standard InChI is InChI=1S/C29H40N4O6.Cu/c1-27(2,3)38-25(36)29(26(37)39-28(4,5)6,15-13-23(34)32-19-21-11-7-9-17-30-21)16-14-24(35)33-20-22-12-8-10-18-31-22;/h7-12,17-18H,13-16,19-20H2,1-6H3,(H,32,34)(H,33,35);/q;+2/p-2. The summed E-state index contributed by atoms with van der Waals surface area (Å²) in [7, 11) is 0. The normalized spacial score (nSPS) is 12.8. The Bertz CT molecular complexity index is 1050. The summed E-state index contributed by atoms with van der Waals surface area (Å²) in [5.41, 5.74) is -2.55. The number of hydrogen-bond donors (Lipinski definition) is 0. The van der Waals surface area contributed by atoms with Crippen molar-refractivity contribution in [2.45, 2.75) is 91.5 Å². The van der Waals surface area contributed by atoms with Crippen LogP contribution in [0.2, 0.25) is 0 Å². The summed E-state index contributed by atoms with van der Waals surface area (Å²) < 4.78 is 11.2. The maximum Gasteiger partial charge on any atom is 2.00 e. The van der Waals surface area contributed by atoms with Crippen LogP contribution in [0.5, 0.6) is 0 Å². The first-order valence-corrected chi connectivity index (χ1v) is 12.9. The number of carbonyl (C=O) groups excluding carboxylic acids is 2. The van der Waals surface area contributed by atoms with E-state index in [0.29, 0.717) is 11.4 Å². The number of hydrogen-bond acceptors (Lipinski definition) is 10. The van der Waals surface area contributed by atoms with Gasteiger partial charge in [0, 0.05) is 12.4 Å². The van der Waals surface area contributed by atoms with Gasteiger partial charge in [-0.3, -0.25) is 29.5 Å². The Kier molecular flexibility index (Phi) is 13.4. The van der Waals surface area contributed by atoms with Gasteiger partial charge in [0.2, 0.25) is 0 Å². The van der Waals surface area contributed by atoms with Gasteiger partial charge in [0.1, 0.15) is 11.2 Å². The van der Waals surface area contributed by atoms with E-state index in [1.807, 2.05) is 0 Å². The molecule has 2 aromatic rings. The number of nitrogens with zero attached hydrogens (tertiary/aromatic N) is 4. The molecule has 0 aromatic carbocycles. The van der Waals surface area contributed by atoms with E-state index in [4.69, 9.17) is 9.47 Å². The fraction of sp³-hybridized carbons (Fsp3) is 0.517. The van der Waals surface area contributed by atoms with Crippen LogP contribution in [0.1, 0.15) is 78.6 Å². The second-order valence-corrected chi connectivity index (χ2v) is 11.1. The van der Waals surface area contributed by atoms with Gasteiger partial charge in [-0.05, 0) is 103 Å². The van der Waals surface area contributed by atoms with Crippen molar-refractivity contribution in [3.63, 3.8) is 0 Å². The number of esters is 2. The molecule has 0 unspecified atom stereocenters. The van der Waals surface area contributed by atoms with Crippen LogP contribution >= 0.6 is 0 Å². The van der Waals surface area contributed by atoms with Crippen LogP contribution in [-0.2, 0) is 49.2 Å². The minimum Gasteiger partial charge on any atom is -0.862 e. The molecule has 0 amide bonds. The van der Waals surface area contributed by atoms with Gasteiger partial charge in [-0.25, -0.2) is 0 Å². The topological polar surface area (TPSA) is 149 Å². The van der Waals surface area contributed by atoms with Gasteiger partial charge >= 0.3 is 29.0 Å². The van der Waals surface area contributed by atoms with Crippen molar-refractivity contribution in [3.8, 4) is 0 Å². The third-order valence-electron chi connectivity index (χ3n) is 5.40. The first kappa shape index (κ1) is 34.7. The average molecular weight is 602 g/mol. The zero-order chi connectivity index (χ0) is 29.1. The molecule has 0 fully saturated rings. The Morgan fingerprint density at radius 2 is 1.10 bits per heavy atom. The second kappa shape index (κ2) is 15.5. The van der Waals surface area contributed by atoms with Gasteiger partial charge in [-0.2, -0.15) is 0 Å². The molecule has 0 spiro atoms. The first-order chi connectivity index (χ1) is 18.2. The fourth-order valence-corrected chi connectivity index (χ4v) is 3.49. The van der Waals surface area contributed by atoms with Crippen LogP contribution in [0.3, 0.4) is 0 Å². The van der Waals surface area contributed by atoms with Crippen LogP contribution in [0.4, 0.5) is 0 Å². The van der Waals surface area contributed by atoms with E-state index >= 15 is 0 Å². The van der Waals surface area contributed by atoms with Gasteiger partial charge in [0.15, 0.2) is 5.41 Å². The monoisotopic (exact) mass is 601 g/mol. The molecular formula is C29H38CuN4O6. The summed E-state index contributed by atoms with van der Waals surface area (Å²) in [5.74, 6) is -2.75. The van der Waals surface area contributed by atoms with Gasteiger partial charge in [-0.1, -0.05) is 12.1 Å². The predicted molar refractivity (Wildman–Crippen MR) is 143 cm³/mol. The van der Waals surface area contributed by atoms with Crippen molar-refractivity contribution < 1.29 is 46.3 Å². The number of ether oxygens (including phenoxy) is 2. The molecule has 40 heavy (non-hydrogen) atoms. The van der Waals surface area contributed by atoms with Gasteiger partial charge in [0.25, 0.3) is 0 Å². The van der Waals surface area contributed by atoms with Crippen LogP contribution in [0.25, 0.3) is 0 Å². The van der Waals surface area contributed by atoms with E-state index in [1.54, 1.807) is 90.3 Å². The quantitative estimate of drug-likeness (QED) is 0.118. The Hall–Kier alpha value is -3.30. The zero-order valence-electron chi connectivity index (χ0n) is 23.9. The van der Waals surface area contributed by atoms with E-state index in [9.17, 15) is 19.8 Å². The molecule has 10 nitrogen and oxygen atoms in total. The maximum atomic E-state index is 13.6. The minimum absolute atomic E-state index is 0. The molecule has 0 aliphatic heterocycles. The third kappa shape index (κ3) is 12.3. The van der Waals surface area contributed by atoms with Crippen LogP contribution in [-0.4, -0.2) is 44.9 Å². The Morgan fingerprint density at radius 3 is 1.40 bits per heavy atom.